The summed E-state index contributed by atoms with van der Waals surface area (Å²) < 4.78 is 5.94. The minimum Gasteiger partial charge on any atom is -0.474 e. The van der Waals surface area contributed by atoms with Crippen molar-refractivity contribution in [3.63, 3.8) is 0 Å². The van der Waals surface area contributed by atoms with Gasteiger partial charge in [-0.3, -0.25) is 4.79 Å². The molecule has 3 rings (SSSR count). The van der Waals surface area contributed by atoms with E-state index in [4.69, 9.17) is 33.7 Å². The van der Waals surface area contributed by atoms with E-state index in [1.54, 1.807) is 54.6 Å². The lowest BCUT2D eigenvalue weighted by Gasteiger charge is -2.20. The van der Waals surface area contributed by atoms with Crippen LogP contribution in [-0.2, 0) is 11.3 Å². The smallest absolute Gasteiger partial charge is 0.312 e. The van der Waals surface area contributed by atoms with E-state index in [1.165, 1.54) is 0 Å². The highest BCUT2D eigenvalue weighted by Gasteiger charge is 2.24. The number of nitrogens with two attached hydrogens (primary N) is 1. The average molecular weight is 444 g/mol. The number of hydrogen-bond donors (Lipinski definition) is 3. The topological polar surface area (TPSA) is 93.5 Å². The lowest BCUT2D eigenvalue weighted by atomic mass is 10.1. The molecule has 0 saturated carbocycles. The minimum absolute atomic E-state index is 0.298. The molecular formula is C22H19Cl2N3O3. The summed E-state index contributed by atoms with van der Waals surface area (Å²) in [6, 6.07) is 20.3. The quantitative estimate of drug-likeness (QED) is 0.483. The van der Waals surface area contributed by atoms with Crippen LogP contribution in [0.4, 0.5) is 10.5 Å². The molecule has 3 amide bonds. The van der Waals surface area contributed by atoms with Gasteiger partial charge in [-0.25, -0.2) is 4.79 Å². The van der Waals surface area contributed by atoms with Gasteiger partial charge < -0.3 is 21.1 Å². The van der Waals surface area contributed by atoms with Crippen molar-refractivity contribution in [2.75, 3.05) is 5.32 Å². The zero-order valence-corrected chi connectivity index (χ0v) is 17.3. The fraction of sp³-hybridized carbons (Fsp3) is 0.0909. The number of ether oxygens (including phenoxy) is 1. The van der Waals surface area contributed by atoms with Gasteiger partial charge in [0.15, 0.2) is 0 Å². The molecule has 6 nitrogen and oxygen atoms in total. The molecule has 0 aliphatic carbocycles. The van der Waals surface area contributed by atoms with Crippen LogP contribution in [0.5, 0.6) is 5.75 Å². The van der Waals surface area contributed by atoms with Crippen molar-refractivity contribution >= 4 is 40.8 Å². The molecule has 3 aromatic rings. The molecular weight excluding hydrogens is 425 g/mol. The summed E-state index contributed by atoms with van der Waals surface area (Å²) in [6.07, 6.45) is -0.946. The summed E-state index contributed by atoms with van der Waals surface area (Å²) in [6.45, 7) is 0.298. The van der Waals surface area contributed by atoms with Crippen molar-refractivity contribution in [3.05, 3.63) is 94.0 Å². The van der Waals surface area contributed by atoms with Crippen LogP contribution < -0.4 is 21.1 Å². The Morgan fingerprint density at radius 3 is 2.33 bits per heavy atom. The Hall–Kier alpha value is -3.22. The number of hydrogen-bond acceptors (Lipinski definition) is 3. The normalized spacial score (nSPS) is 11.4. The average Bonchev–Trinajstić information content (AvgIpc) is 2.74. The van der Waals surface area contributed by atoms with Crippen molar-refractivity contribution < 1.29 is 14.3 Å². The molecule has 0 fully saturated rings. The number of halogens is 2. The highest BCUT2D eigenvalue weighted by Crippen LogP contribution is 2.32. The second-order valence-corrected chi connectivity index (χ2v) is 7.23. The number of carbonyl (C=O) groups excluding carboxylic acids is 2. The van der Waals surface area contributed by atoms with Gasteiger partial charge in [0.05, 0.1) is 5.02 Å². The summed E-state index contributed by atoms with van der Waals surface area (Å²) in [7, 11) is 0. The van der Waals surface area contributed by atoms with Crippen molar-refractivity contribution in [1.29, 1.82) is 0 Å². The third-order valence-corrected chi connectivity index (χ3v) is 4.71. The number of primary amides is 1. The van der Waals surface area contributed by atoms with Crippen molar-refractivity contribution in [2.24, 2.45) is 5.73 Å². The van der Waals surface area contributed by atoms with Gasteiger partial charge in [-0.05, 0) is 29.8 Å². The second kappa shape index (κ2) is 10.0. The van der Waals surface area contributed by atoms with Gasteiger partial charge in [-0.2, -0.15) is 0 Å². The Bertz CT molecular complexity index is 1030. The molecule has 4 N–H and O–H groups in total. The molecule has 0 saturated heterocycles. The van der Waals surface area contributed by atoms with Gasteiger partial charge in [0.1, 0.15) is 5.75 Å². The first-order chi connectivity index (χ1) is 14.4. The predicted octanol–water partition coefficient (Wildman–Crippen LogP) is 4.92. The fourth-order valence-corrected chi connectivity index (χ4v) is 3.02. The van der Waals surface area contributed by atoms with E-state index in [1.807, 2.05) is 18.2 Å². The zero-order chi connectivity index (χ0) is 21.5. The van der Waals surface area contributed by atoms with Crippen molar-refractivity contribution in [1.82, 2.24) is 5.32 Å². The van der Waals surface area contributed by atoms with E-state index in [9.17, 15) is 9.59 Å². The van der Waals surface area contributed by atoms with Crippen LogP contribution in [0.15, 0.2) is 72.8 Å². The molecule has 0 spiro atoms. The fourth-order valence-electron chi connectivity index (χ4n) is 2.70. The molecule has 0 aliphatic rings. The molecule has 1 atom stereocenters. The number of nitrogens with one attached hydrogen (secondary N) is 2. The van der Waals surface area contributed by atoms with Gasteiger partial charge in [-0.1, -0.05) is 65.7 Å². The maximum Gasteiger partial charge on any atom is 0.312 e. The van der Waals surface area contributed by atoms with Crippen LogP contribution in [0.25, 0.3) is 0 Å². The molecule has 30 heavy (non-hydrogen) atoms. The second-order valence-electron chi connectivity index (χ2n) is 6.39. The molecule has 3 aromatic carbocycles. The van der Waals surface area contributed by atoms with E-state index in [-0.39, 0.29) is 5.91 Å². The van der Waals surface area contributed by atoms with Crippen LogP contribution >= 0.6 is 23.2 Å². The number of amides is 3. The van der Waals surface area contributed by atoms with Gasteiger partial charge in [-0.15, -0.1) is 0 Å². The Morgan fingerprint density at radius 2 is 1.67 bits per heavy atom. The number of benzene rings is 3. The summed E-state index contributed by atoms with van der Waals surface area (Å²) in [4.78, 5) is 23.8. The van der Waals surface area contributed by atoms with Crippen LogP contribution in [-0.4, -0.2) is 11.9 Å². The first kappa shape index (κ1) is 21.5. The Labute approximate surface area is 183 Å². The Balaban J connectivity index is 1.79. The molecule has 0 aliphatic heterocycles. The third kappa shape index (κ3) is 5.89. The lowest BCUT2D eigenvalue weighted by Crippen LogP contribution is -2.28. The molecule has 0 radical (unpaired) electrons. The third-order valence-electron chi connectivity index (χ3n) is 4.17. The van der Waals surface area contributed by atoms with E-state index >= 15 is 0 Å². The summed E-state index contributed by atoms with van der Waals surface area (Å²) in [5.41, 5.74) is 7.14. The number of anilines is 1. The van der Waals surface area contributed by atoms with E-state index < -0.39 is 12.1 Å². The van der Waals surface area contributed by atoms with Crippen LogP contribution in [0.2, 0.25) is 10.0 Å². The van der Waals surface area contributed by atoms with Crippen molar-refractivity contribution in [3.8, 4) is 5.75 Å². The summed E-state index contributed by atoms with van der Waals surface area (Å²) >= 11 is 12.3. The molecule has 0 aromatic heterocycles. The molecule has 0 bridgehead atoms. The Kier molecular flexibility index (Phi) is 7.17. The van der Waals surface area contributed by atoms with Gasteiger partial charge in [0.25, 0.3) is 5.91 Å². The minimum atomic E-state index is -0.946. The van der Waals surface area contributed by atoms with E-state index in [0.717, 1.165) is 5.56 Å². The maximum absolute atomic E-state index is 13.0. The number of rotatable bonds is 7. The number of urea groups is 1. The molecule has 154 valence electrons. The first-order valence-electron chi connectivity index (χ1n) is 9.02. The number of carbonyl (C=O) groups is 2. The SMILES string of the molecule is NC(=O)NCc1ccc(NC(=O)C(Oc2cc(Cl)ccc2Cl)c2ccccc2)cc1. The van der Waals surface area contributed by atoms with Gasteiger partial charge >= 0.3 is 6.03 Å². The molecule has 0 heterocycles. The lowest BCUT2D eigenvalue weighted by molar-refractivity contribution is -0.123. The van der Waals surface area contributed by atoms with Crippen LogP contribution in [0.3, 0.4) is 0 Å². The van der Waals surface area contributed by atoms with Crippen LogP contribution in [0.1, 0.15) is 17.2 Å². The molecule has 1 unspecified atom stereocenters. The molecule has 8 heteroatoms. The summed E-state index contributed by atoms with van der Waals surface area (Å²) in [5.74, 6) is -0.0682. The largest absolute Gasteiger partial charge is 0.474 e. The van der Waals surface area contributed by atoms with Gasteiger partial charge in [0.2, 0.25) is 6.10 Å². The standard InChI is InChI=1S/C22H19Cl2N3O3/c23-16-8-11-18(24)19(12-16)30-20(15-4-2-1-3-5-15)21(28)27-17-9-6-14(7-10-17)13-26-22(25)29/h1-12,20H,13H2,(H,27,28)(H3,25,26,29). The Morgan fingerprint density at radius 1 is 0.967 bits per heavy atom. The maximum atomic E-state index is 13.0. The summed E-state index contributed by atoms with van der Waals surface area (Å²) in [5, 5.41) is 6.13. The van der Waals surface area contributed by atoms with Gasteiger partial charge in [0, 0.05) is 28.9 Å². The monoisotopic (exact) mass is 443 g/mol. The zero-order valence-electron chi connectivity index (χ0n) is 15.8. The van der Waals surface area contributed by atoms with E-state index in [2.05, 4.69) is 10.6 Å². The van der Waals surface area contributed by atoms with E-state index in [0.29, 0.717) is 33.6 Å². The predicted molar refractivity (Wildman–Crippen MR) is 118 cm³/mol. The van der Waals surface area contributed by atoms with Crippen LogP contribution in [0, 0.1) is 0 Å². The first-order valence-corrected chi connectivity index (χ1v) is 9.78. The highest BCUT2D eigenvalue weighted by molar-refractivity contribution is 6.34. The van der Waals surface area contributed by atoms with Crippen molar-refractivity contribution in [2.45, 2.75) is 12.6 Å². The highest BCUT2D eigenvalue weighted by atomic mass is 35.5.